The quantitative estimate of drug-likeness (QED) is 0.754. The van der Waals surface area contributed by atoms with E-state index in [-0.39, 0.29) is 0 Å². The van der Waals surface area contributed by atoms with Gasteiger partial charge in [-0.2, -0.15) is 0 Å². The van der Waals surface area contributed by atoms with Crippen LogP contribution in [0.2, 0.25) is 0 Å². The average Bonchev–Trinajstić information content (AvgIpc) is 2.16. The van der Waals surface area contributed by atoms with Gasteiger partial charge >= 0.3 is 0 Å². The number of H-pyrrole nitrogens is 1. The fraction of sp³-hybridized carbons (Fsp3) is 0. The molecule has 2 aromatic rings. The first-order chi connectivity index (χ1) is 7.15. The molecule has 1 N–H and O–H groups in total. The first kappa shape index (κ1) is 9.92. The summed E-state index contributed by atoms with van der Waals surface area (Å²) in [6, 6.07) is 4.78. The molecule has 0 saturated heterocycles. The van der Waals surface area contributed by atoms with E-state index in [9.17, 15) is 8.78 Å². The average molecular weight is 224 g/mol. The van der Waals surface area contributed by atoms with Crippen molar-refractivity contribution < 1.29 is 8.78 Å². The fourth-order valence-corrected chi connectivity index (χ4v) is 1.36. The van der Waals surface area contributed by atoms with Gasteiger partial charge in [0.1, 0.15) is 22.1 Å². The molecule has 1 aromatic carbocycles. The van der Waals surface area contributed by atoms with E-state index in [0.29, 0.717) is 16.0 Å². The summed E-state index contributed by atoms with van der Waals surface area (Å²) in [7, 11) is 0. The number of halogens is 2. The van der Waals surface area contributed by atoms with Crippen molar-refractivity contribution in [3.05, 3.63) is 46.7 Å². The maximum absolute atomic E-state index is 12.9. The van der Waals surface area contributed by atoms with Gasteiger partial charge in [0.2, 0.25) is 0 Å². The summed E-state index contributed by atoms with van der Waals surface area (Å²) >= 11 is 4.88. The zero-order valence-electron chi connectivity index (χ0n) is 7.50. The zero-order valence-corrected chi connectivity index (χ0v) is 8.31. The van der Waals surface area contributed by atoms with Crippen LogP contribution in [0.15, 0.2) is 30.5 Å². The minimum Gasteiger partial charge on any atom is -0.331 e. The van der Waals surface area contributed by atoms with E-state index in [2.05, 4.69) is 9.97 Å². The molecular weight excluding hydrogens is 218 g/mol. The Hall–Kier alpha value is -1.62. The van der Waals surface area contributed by atoms with Gasteiger partial charge in [0.05, 0.1) is 0 Å². The third kappa shape index (κ3) is 2.24. The second-order valence-electron chi connectivity index (χ2n) is 2.94. The van der Waals surface area contributed by atoms with Gasteiger partial charge in [0, 0.05) is 17.8 Å². The Bertz CT molecular complexity index is 531. The molecular formula is C10H6F2N2S. The van der Waals surface area contributed by atoms with Gasteiger partial charge in [0.25, 0.3) is 0 Å². The molecule has 0 bridgehead atoms. The fourth-order valence-electron chi connectivity index (χ4n) is 1.21. The Morgan fingerprint density at radius 2 is 1.80 bits per heavy atom. The standard InChI is InChI=1S/C10H6F2N2S/c11-7-3-6(4-8(12)5-7)10-13-2-1-9(15)14-10/h1-5H,(H,13,14,15). The van der Waals surface area contributed by atoms with E-state index in [1.807, 2.05) is 0 Å². The lowest BCUT2D eigenvalue weighted by Gasteiger charge is -2.00. The van der Waals surface area contributed by atoms with Crippen molar-refractivity contribution in [1.82, 2.24) is 9.97 Å². The zero-order chi connectivity index (χ0) is 10.8. The van der Waals surface area contributed by atoms with Gasteiger partial charge < -0.3 is 4.98 Å². The summed E-state index contributed by atoms with van der Waals surface area (Å²) in [5.41, 5.74) is 0.333. The van der Waals surface area contributed by atoms with Crippen LogP contribution in [0, 0.1) is 16.3 Å². The molecule has 5 heteroatoms. The van der Waals surface area contributed by atoms with E-state index in [1.54, 1.807) is 6.07 Å². The van der Waals surface area contributed by atoms with Crippen molar-refractivity contribution in [3.8, 4) is 11.4 Å². The Balaban J connectivity index is 2.58. The number of hydrogen-bond acceptors (Lipinski definition) is 2. The number of rotatable bonds is 1. The lowest BCUT2D eigenvalue weighted by atomic mass is 10.2. The number of aromatic amines is 1. The third-order valence-corrected chi connectivity index (χ3v) is 2.05. The highest BCUT2D eigenvalue weighted by molar-refractivity contribution is 7.71. The molecule has 1 heterocycles. The number of benzene rings is 1. The molecule has 0 atom stereocenters. The van der Waals surface area contributed by atoms with Crippen LogP contribution in [0.1, 0.15) is 0 Å². The highest BCUT2D eigenvalue weighted by Crippen LogP contribution is 2.17. The molecule has 0 aliphatic heterocycles. The monoisotopic (exact) mass is 224 g/mol. The van der Waals surface area contributed by atoms with Crippen LogP contribution in [-0.4, -0.2) is 9.97 Å². The van der Waals surface area contributed by atoms with Crippen LogP contribution in [0.5, 0.6) is 0 Å². The van der Waals surface area contributed by atoms with Crippen molar-refractivity contribution in [3.63, 3.8) is 0 Å². The summed E-state index contributed by atoms with van der Waals surface area (Å²) in [6.07, 6.45) is 1.48. The molecule has 76 valence electrons. The summed E-state index contributed by atoms with van der Waals surface area (Å²) in [6.45, 7) is 0. The minimum atomic E-state index is -0.644. The molecule has 0 aliphatic rings. The van der Waals surface area contributed by atoms with E-state index in [4.69, 9.17) is 12.2 Å². The van der Waals surface area contributed by atoms with Gasteiger partial charge in [-0.25, -0.2) is 13.8 Å². The third-order valence-electron chi connectivity index (χ3n) is 1.81. The topological polar surface area (TPSA) is 28.7 Å². The van der Waals surface area contributed by atoms with Crippen LogP contribution in [0.25, 0.3) is 11.4 Å². The van der Waals surface area contributed by atoms with Crippen LogP contribution in [0.4, 0.5) is 8.78 Å². The lowest BCUT2D eigenvalue weighted by Crippen LogP contribution is -1.90. The SMILES string of the molecule is Fc1cc(F)cc(-c2nccc(=S)[nH]2)c1. The van der Waals surface area contributed by atoms with Gasteiger partial charge in [0.15, 0.2) is 0 Å². The molecule has 0 amide bonds. The molecule has 1 aromatic heterocycles. The molecule has 0 fully saturated rings. The van der Waals surface area contributed by atoms with E-state index in [1.165, 1.54) is 18.3 Å². The summed E-state index contributed by atoms with van der Waals surface area (Å²) in [5, 5.41) is 0. The Morgan fingerprint density at radius 3 is 2.40 bits per heavy atom. The van der Waals surface area contributed by atoms with Gasteiger partial charge in [-0.1, -0.05) is 12.2 Å². The smallest absolute Gasteiger partial charge is 0.138 e. The molecule has 0 unspecified atom stereocenters. The molecule has 0 spiro atoms. The largest absolute Gasteiger partial charge is 0.331 e. The Kier molecular flexibility index (Phi) is 2.55. The van der Waals surface area contributed by atoms with Crippen LogP contribution >= 0.6 is 12.2 Å². The highest BCUT2D eigenvalue weighted by Gasteiger charge is 2.04. The van der Waals surface area contributed by atoms with Crippen LogP contribution < -0.4 is 0 Å². The Labute approximate surface area is 89.6 Å². The second-order valence-corrected chi connectivity index (χ2v) is 3.38. The number of nitrogens with zero attached hydrogens (tertiary/aromatic N) is 1. The van der Waals surface area contributed by atoms with Gasteiger partial charge in [-0.3, -0.25) is 0 Å². The molecule has 2 rings (SSSR count). The number of nitrogens with one attached hydrogen (secondary N) is 1. The first-order valence-corrected chi connectivity index (χ1v) is 4.58. The lowest BCUT2D eigenvalue weighted by molar-refractivity contribution is 0.584. The summed E-state index contributed by atoms with van der Waals surface area (Å²) < 4.78 is 26.3. The van der Waals surface area contributed by atoms with Crippen molar-refractivity contribution >= 4 is 12.2 Å². The molecule has 0 aliphatic carbocycles. The maximum Gasteiger partial charge on any atom is 0.138 e. The van der Waals surface area contributed by atoms with Crippen LogP contribution in [-0.2, 0) is 0 Å². The predicted octanol–water partition coefficient (Wildman–Crippen LogP) is 3.08. The highest BCUT2D eigenvalue weighted by atomic mass is 32.1. The van der Waals surface area contributed by atoms with Crippen molar-refractivity contribution in [2.45, 2.75) is 0 Å². The molecule has 15 heavy (non-hydrogen) atoms. The normalized spacial score (nSPS) is 10.3. The first-order valence-electron chi connectivity index (χ1n) is 4.17. The van der Waals surface area contributed by atoms with Crippen LogP contribution in [0.3, 0.4) is 0 Å². The summed E-state index contributed by atoms with van der Waals surface area (Å²) in [5.74, 6) is -0.939. The molecule has 0 radical (unpaired) electrons. The van der Waals surface area contributed by atoms with Gasteiger partial charge in [-0.05, 0) is 18.2 Å². The second kappa shape index (κ2) is 3.86. The summed E-state index contributed by atoms with van der Waals surface area (Å²) in [4.78, 5) is 6.68. The van der Waals surface area contributed by atoms with E-state index < -0.39 is 11.6 Å². The van der Waals surface area contributed by atoms with Crippen molar-refractivity contribution in [2.75, 3.05) is 0 Å². The van der Waals surface area contributed by atoms with E-state index >= 15 is 0 Å². The number of aromatic nitrogens is 2. The van der Waals surface area contributed by atoms with Gasteiger partial charge in [-0.15, -0.1) is 0 Å². The van der Waals surface area contributed by atoms with Crippen molar-refractivity contribution in [2.24, 2.45) is 0 Å². The maximum atomic E-state index is 12.9. The molecule has 0 saturated carbocycles. The minimum absolute atomic E-state index is 0.333. The predicted molar refractivity (Wildman–Crippen MR) is 54.8 cm³/mol. The number of hydrogen-bond donors (Lipinski definition) is 1. The Morgan fingerprint density at radius 1 is 1.13 bits per heavy atom. The molecule has 2 nitrogen and oxygen atoms in total. The van der Waals surface area contributed by atoms with E-state index in [0.717, 1.165) is 6.07 Å². The van der Waals surface area contributed by atoms with Crippen molar-refractivity contribution in [1.29, 1.82) is 0 Å².